The minimum absolute atomic E-state index is 0.330. The summed E-state index contributed by atoms with van der Waals surface area (Å²) >= 11 is 1.43. The molecule has 4 heteroatoms. The first-order valence-corrected chi connectivity index (χ1v) is 7.09. The Hall–Kier alpha value is -1.94. The molecule has 0 N–H and O–H groups in total. The maximum absolute atomic E-state index is 11.9. The number of hydrogen-bond donors (Lipinski definition) is 0. The van der Waals surface area contributed by atoms with Crippen molar-refractivity contribution in [2.24, 2.45) is 0 Å². The van der Waals surface area contributed by atoms with Crippen LogP contribution in [0.15, 0.2) is 36.4 Å². The van der Waals surface area contributed by atoms with E-state index in [2.05, 4.69) is 0 Å². The number of benzene rings is 1. The summed E-state index contributed by atoms with van der Waals surface area (Å²) in [5.41, 5.74) is 1.01. The highest BCUT2D eigenvalue weighted by atomic mass is 32.1. The van der Waals surface area contributed by atoms with E-state index in [1.54, 1.807) is 18.2 Å². The molecule has 0 spiro atoms. The van der Waals surface area contributed by atoms with Crippen LogP contribution in [0, 0.1) is 0 Å². The quantitative estimate of drug-likeness (QED) is 0.628. The highest BCUT2D eigenvalue weighted by Gasteiger charge is 2.17. The average molecular weight is 288 g/mol. The Balaban J connectivity index is 2.17. The van der Waals surface area contributed by atoms with Crippen LogP contribution in [0.3, 0.4) is 0 Å². The standard InChI is InChI=1S/C16H16O3S/c1-16(2,3)19-15(18)12-6-4-11(5-7-12)14-9-8-13(10-17)20-14/h4-10H,1-3H3. The van der Waals surface area contributed by atoms with Gasteiger partial charge in [-0.05, 0) is 50.6 Å². The van der Waals surface area contributed by atoms with E-state index < -0.39 is 5.60 Å². The molecule has 0 aliphatic heterocycles. The molecule has 2 rings (SSSR count). The first-order valence-electron chi connectivity index (χ1n) is 6.28. The molecular formula is C16H16O3S. The third-order valence-electron chi connectivity index (χ3n) is 2.55. The second-order valence-electron chi connectivity index (χ2n) is 5.40. The van der Waals surface area contributed by atoms with E-state index in [1.807, 2.05) is 39.0 Å². The Morgan fingerprint density at radius 1 is 1.10 bits per heavy atom. The number of aldehydes is 1. The average Bonchev–Trinajstić information content (AvgIpc) is 2.85. The predicted molar refractivity (Wildman–Crippen MR) is 80.3 cm³/mol. The number of esters is 1. The second kappa shape index (κ2) is 5.59. The largest absolute Gasteiger partial charge is 0.456 e. The van der Waals surface area contributed by atoms with Crippen LogP contribution in [0.2, 0.25) is 0 Å². The lowest BCUT2D eigenvalue weighted by molar-refractivity contribution is 0.00695. The van der Waals surface area contributed by atoms with E-state index in [9.17, 15) is 9.59 Å². The van der Waals surface area contributed by atoms with Crippen molar-refractivity contribution in [2.45, 2.75) is 26.4 Å². The topological polar surface area (TPSA) is 43.4 Å². The third kappa shape index (κ3) is 3.54. The Bertz CT molecular complexity index is 618. The highest BCUT2D eigenvalue weighted by Crippen LogP contribution is 2.27. The van der Waals surface area contributed by atoms with Gasteiger partial charge in [-0.15, -0.1) is 11.3 Å². The summed E-state index contributed by atoms with van der Waals surface area (Å²) in [7, 11) is 0. The molecule has 0 unspecified atom stereocenters. The Morgan fingerprint density at radius 2 is 1.75 bits per heavy atom. The molecule has 0 saturated heterocycles. The van der Waals surface area contributed by atoms with Crippen LogP contribution in [0.4, 0.5) is 0 Å². The number of carbonyl (C=O) groups is 2. The van der Waals surface area contributed by atoms with Gasteiger partial charge in [0.25, 0.3) is 0 Å². The van der Waals surface area contributed by atoms with Gasteiger partial charge < -0.3 is 4.74 Å². The Kier molecular flexibility index (Phi) is 4.04. The maximum Gasteiger partial charge on any atom is 0.338 e. The van der Waals surface area contributed by atoms with E-state index in [1.165, 1.54) is 11.3 Å². The molecule has 20 heavy (non-hydrogen) atoms. The normalized spacial score (nSPS) is 11.2. The number of carbonyl (C=O) groups excluding carboxylic acids is 2. The summed E-state index contributed by atoms with van der Waals surface area (Å²) < 4.78 is 5.31. The lowest BCUT2D eigenvalue weighted by Gasteiger charge is -2.19. The first kappa shape index (κ1) is 14.5. The van der Waals surface area contributed by atoms with Gasteiger partial charge in [-0.2, -0.15) is 0 Å². The van der Waals surface area contributed by atoms with Crippen molar-refractivity contribution in [3.63, 3.8) is 0 Å². The molecule has 1 aromatic heterocycles. The minimum Gasteiger partial charge on any atom is -0.456 e. The van der Waals surface area contributed by atoms with Gasteiger partial charge in [0.2, 0.25) is 0 Å². The molecule has 0 aliphatic carbocycles. The molecule has 0 atom stereocenters. The fourth-order valence-corrected chi connectivity index (χ4v) is 2.51. The zero-order valence-corrected chi connectivity index (χ0v) is 12.5. The van der Waals surface area contributed by atoms with Gasteiger partial charge in [0.1, 0.15) is 5.60 Å². The molecule has 3 nitrogen and oxygen atoms in total. The minimum atomic E-state index is -0.498. The number of thiophene rings is 1. The monoisotopic (exact) mass is 288 g/mol. The zero-order valence-electron chi connectivity index (χ0n) is 11.7. The van der Waals surface area contributed by atoms with Crippen LogP contribution in [0.25, 0.3) is 10.4 Å². The van der Waals surface area contributed by atoms with Crippen LogP contribution in [-0.4, -0.2) is 17.9 Å². The van der Waals surface area contributed by atoms with Crippen LogP contribution >= 0.6 is 11.3 Å². The van der Waals surface area contributed by atoms with E-state index in [0.29, 0.717) is 10.4 Å². The fourth-order valence-electron chi connectivity index (χ4n) is 1.68. The summed E-state index contributed by atoms with van der Waals surface area (Å²) in [6, 6.07) is 10.9. The molecule has 2 aromatic rings. The summed E-state index contributed by atoms with van der Waals surface area (Å²) in [5.74, 6) is -0.330. The van der Waals surface area contributed by atoms with E-state index in [-0.39, 0.29) is 5.97 Å². The van der Waals surface area contributed by atoms with Gasteiger partial charge in [0, 0.05) is 4.88 Å². The Morgan fingerprint density at radius 3 is 2.25 bits per heavy atom. The molecule has 0 aliphatic rings. The highest BCUT2D eigenvalue weighted by molar-refractivity contribution is 7.17. The van der Waals surface area contributed by atoms with Gasteiger partial charge in [0.15, 0.2) is 6.29 Å². The molecule has 1 aromatic carbocycles. The molecule has 0 amide bonds. The summed E-state index contributed by atoms with van der Waals surface area (Å²) in [5, 5.41) is 0. The summed E-state index contributed by atoms with van der Waals surface area (Å²) in [4.78, 5) is 24.3. The van der Waals surface area contributed by atoms with Crippen molar-refractivity contribution in [1.29, 1.82) is 0 Å². The van der Waals surface area contributed by atoms with Crippen LogP contribution in [0.5, 0.6) is 0 Å². The van der Waals surface area contributed by atoms with E-state index in [4.69, 9.17) is 4.74 Å². The lowest BCUT2D eigenvalue weighted by Crippen LogP contribution is -2.23. The van der Waals surface area contributed by atoms with Crippen LogP contribution in [-0.2, 0) is 4.74 Å². The molecular weight excluding hydrogens is 272 g/mol. The predicted octanol–water partition coefficient (Wildman–Crippen LogP) is 4.18. The molecule has 104 valence electrons. The van der Waals surface area contributed by atoms with Crippen molar-refractivity contribution < 1.29 is 14.3 Å². The fraction of sp³-hybridized carbons (Fsp3) is 0.250. The van der Waals surface area contributed by atoms with Gasteiger partial charge in [0.05, 0.1) is 10.4 Å². The van der Waals surface area contributed by atoms with Crippen molar-refractivity contribution in [1.82, 2.24) is 0 Å². The summed E-state index contributed by atoms with van der Waals surface area (Å²) in [6.07, 6.45) is 0.837. The third-order valence-corrected chi connectivity index (χ3v) is 3.61. The van der Waals surface area contributed by atoms with Crippen molar-refractivity contribution in [2.75, 3.05) is 0 Å². The maximum atomic E-state index is 11.9. The Labute approximate surface area is 122 Å². The second-order valence-corrected chi connectivity index (χ2v) is 6.51. The van der Waals surface area contributed by atoms with Gasteiger partial charge in [-0.3, -0.25) is 4.79 Å². The number of rotatable bonds is 3. The summed E-state index contributed by atoms with van der Waals surface area (Å²) in [6.45, 7) is 5.52. The van der Waals surface area contributed by atoms with Crippen molar-refractivity contribution in [3.8, 4) is 10.4 Å². The zero-order chi connectivity index (χ0) is 14.8. The molecule has 0 fully saturated rings. The molecule has 1 heterocycles. The number of ether oxygens (including phenoxy) is 1. The SMILES string of the molecule is CC(C)(C)OC(=O)c1ccc(-c2ccc(C=O)s2)cc1. The van der Waals surface area contributed by atoms with Crippen LogP contribution in [0.1, 0.15) is 40.8 Å². The van der Waals surface area contributed by atoms with Crippen molar-refractivity contribution >= 4 is 23.6 Å². The molecule has 0 saturated carbocycles. The molecule has 0 radical (unpaired) electrons. The van der Waals surface area contributed by atoms with E-state index in [0.717, 1.165) is 16.7 Å². The van der Waals surface area contributed by atoms with Gasteiger partial charge in [-0.1, -0.05) is 12.1 Å². The van der Waals surface area contributed by atoms with Crippen LogP contribution < -0.4 is 0 Å². The molecule has 0 bridgehead atoms. The van der Waals surface area contributed by atoms with Gasteiger partial charge >= 0.3 is 5.97 Å². The van der Waals surface area contributed by atoms with Crippen molar-refractivity contribution in [3.05, 3.63) is 46.8 Å². The first-order chi connectivity index (χ1) is 9.39. The smallest absolute Gasteiger partial charge is 0.338 e. The number of hydrogen-bond acceptors (Lipinski definition) is 4. The van der Waals surface area contributed by atoms with Gasteiger partial charge in [-0.25, -0.2) is 4.79 Å². The lowest BCUT2D eigenvalue weighted by atomic mass is 10.1. The van der Waals surface area contributed by atoms with E-state index >= 15 is 0 Å².